The van der Waals surface area contributed by atoms with E-state index in [9.17, 15) is 4.79 Å². The fourth-order valence-corrected chi connectivity index (χ4v) is 1.53. The number of hydrogen-bond donors (Lipinski definition) is 1. The number of amides is 1. The lowest BCUT2D eigenvalue weighted by atomic mass is 10.2. The predicted octanol–water partition coefficient (Wildman–Crippen LogP) is 1.35. The van der Waals surface area contributed by atoms with Gasteiger partial charge in [-0.15, -0.1) is 0 Å². The highest BCUT2D eigenvalue weighted by molar-refractivity contribution is 5.66. The van der Waals surface area contributed by atoms with Gasteiger partial charge in [0.1, 0.15) is 5.60 Å². The van der Waals surface area contributed by atoms with Crippen LogP contribution in [0, 0.1) is 5.92 Å². The number of carbonyl (C=O) groups excluding carboxylic acids is 1. The van der Waals surface area contributed by atoms with Crippen molar-refractivity contribution in [3.05, 3.63) is 0 Å². The molecule has 1 amide bonds. The minimum absolute atomic E-state index is 0.489. The standard InChI is InChI=1S/C10H21N3O2/c1-8-5-6-12(7-8)13(11)9(14)15-10(2,3)4/h8H,5-7,11H2,1-4H3. The van der Waals surface area contributed by atoms with E-state index in [0.29, 0.717) is 5.92 Å². The minimum atomic E-state index is -0.500. The van der Waals surface area contributed by atoms with Crippen molar-refractivity contribution in [1.29, 1.82) is 0 Å². The van der Waals surface area contributed by atoms with Crippen LogP contribution in [0.2, 0.25) is 0 Å². The Morgan fingerprint density at radius 3 is 2.53 bits per heavy atom. The Labute approximate surface area is 91.1 Å². The largest absolute Gasteiger partial charge is 0.442 e. The summed E-state index contributed by atoms with van der Waals surface area (Å²) in [6.45, 7) is 9.25. The number of rotatable bonds is 1. The van der Waals surface area contributed by atoms with Gasteiger partial charge in [-0.25, -0.2) is 15.6 Å². The first kappa shape index (κ1) is 12.3. The number of nitrogens with two attached hydrogens (primary N) is 1. The summed E-state index contributed by atoms with van der Waals surface area (Å²) in [6.07, 6.45) is 0.577. The zero-order chi connectivity index (χ0) is 11.6. The first-order chi connectivity index (χ1) is 6.79. The van der Waals surface area contributed by atoms with Gasteiger partial charge in [0.25, 0.3) is 0 Å². The molecule has 0 bridgehead atoms. The molecule has 0 aromatic rings. The maximum atomic E-state index is 11.6. The zero-order valence-corrected chi connectivity index (χ0v) is 9.99. The van der Waals surface area contributed by atoms with Gasteiger partial charge in [-0.05, 0) is 33.1 Å². The molecule has 1 unspecified atom stereocenters. The smallest absolute Gasteiger partial charge is 0.439 e. The average Bonchev–Trinajstić information content (AvgIpc) is 2.47. The summed E-state index contributed by atoms with van der Waals surface area (Å²) in [4.78, 5) is 11.6. The second-order valence-electron chi connectivity index (χ2n) is 5.13. The molecule has 1 saturated heterocycles. The molecule has 1 aliphatic rings. The molecule has 15 heavy (non-hydrogen) atoms. The van der Waals surface area contributed by atoms with Crippen molar-refractivity contribution >= 4 is 6.09 Å². The monoisotopic (exact) mass is 215 g/mol. The molecule has 5 heteroatoms. The van der Waals surface area contributed by atoms with Gasteiger partial charge < -0.3 is 4.74 Å². The van der Waals surface area contributed by atoms with Gasteiger partial charge in [0.2, 0.25) is 0 Å². The van der Waals surface area contributed by atoms with Gasteiger partial charge in [0.05, 0.1) is 0 Å². The zero-order valence-electron chi connectivity index (χ0n) is 9.99. The van der Waals surface area contributed by atoms with Crippen LogP contribution in [0.25, 0.3) is 0 Å². The SMILES string of the molecule is CC1CCN(N(N)C(=O)OC(C)(C)C)C1. The number of hydrazine groups is 2. The highest BCUT2D eigenvalue weighted by Crippen LogP contribution is 2.17. The van der Waals surface area contributed by atoms with Gasteiger partial charge >= 0.3 is 6.09 Å². The first-order valence-corrected chi connectivity index (χ1v) is 5.32. The molecular formula is C10H21N3O2. The fourth-order valence-electron chi connectivity index (χ4n) is 1.53. The Kier molecular flexibility index (Phi) is 3.57. The van der Waals surface area contributed by atoms with Crippen molar-refractivity contribution in [3.8, 4) is 0 Å². The molecule has 88 valence electrons. The van der Waals surface area contributed by atoms with E-state index in [1.807, 2.05) is 25.8 Å². The van der Waals surface area contributed by atoms with Gasteiger partial charge in [-0.3, -0.25) is 0 Å². The summed E-state index contributed by atoms with van der Waals surface area (Å²) in [7, 11) is 0. The molecule has 0 spiro atoms. The molecule has 1 aliphatic heterocycles. The summed E-state index contributed by atoms with van der Waals surface area (Å²) in [6, 6.07) is 0. The third-order valence-corrected chi connectivity index (χ3v) is 2.29. The molecule has 0 aliphatic carbocycles. The topological polar surface area (TPSA) is 58.8 Å². The third-order valence-electron chi connectivity index (χ3n) is 2.29. The molecule has 2 N–H and O–H groups in total. The quantitative estimate of drug-likeness (QED) is 0.407. The molecule has 0 radical (unpaired) electrons. The molecule has 0 saturated carbocycles. The van der Waals surface area contributed by atoms with Crippen LogP contribution in [0.3, 0.4) is 0 Å². The van der Waals surface area contributed by atoms with Crippen LogP contribution in [0.5, 0.6) is 0 Å². The van der Waals surface area contributed by atoms with Crippen molar-refractivity contribution in [2.24, 2.45) is 11.8 Å². The van der Waals surface area contributed by atoms with Crippen molar-refractivity contribution < 1.29 is 9.53 Å². The van der Waals surface area contributed by atoms with E-state index in [4.69, 9.17) is 10.6 Å². The molecule has 1 fully saturated rings. The Morgan fingerprint density at radius 2 is 2.13 bits per heavy atom. The lowest BCUT2D eigenvalue weighted by molar-refractivity contribution is -0.0427. The van der Waals surface area contributed by atoms with E-state index in [1.165, 1.54) is 0 Å². The molecule has 5 nitrogen and oxygen atoms in total. The number of carbonyl (C=O) groups is 1. The van der Waals surface area contributed by atoms with Gasteiger partial charge in [0.15, 0.2) is 0 Å². The van der Waals surface area contributed by atoms with E-state index in [2.05, 4.69) is 6.92 Å². The maximum absolute atomic E-state index is 11.6. The maximum Gasteiger partial charge on any atom is 0.439 e. The number of ether oxygens (including phenoxy) is 1. The summed E-state index contributed by atoms with van der Waals surface area (Å²) in [5, 5.41) is 2.91. The minimum Gasteiger partial charge on any atom is -0.442 e. The van der Waals surface area contributed by atoms with E-state index in [0.717, 1.165) is 24.6 Å². The highest BCUT2D eigenvalue weighted by atomic mass is 16.6. The Morgan fingerprint density at radius 1 is 1.53 bits per heavy atom. The lowest BCUT2D eigenvalue weighted by Gasteiger charge is -2.29. The van der Waals surface area contributed by atoms with Crippen LogP contribution >= 0.6 is 0 Å². The average molecular weight is 215 g/mol. The van der Waals surface area contributed by atoms with E-state index in [1.54, 1.807) is 0 Å². The van der Waals surface area contributed by atoms with Crippen molar-refractivity contribution in [2.45, 2.75) is 39.7 Å². The van der Waals surface area contributed by atoms with Crippen LogP contribution in [-0.4, -0.2) is 34.9 Å². The van der Waals surface area contributed by atoms with E-state index >= 15 is 0 Å². The van der Waals surface area contributed by atoms with Crippen LogP contribution in [0.15, 0.2) is 0 Å². The summed E-state index contributed by atoms with van der Waals surface area (Å²) < 4.78 is 5.17. The van der Waals surface area contributed by atoms with Crippen LogP contribution in [0.1, 0.15) is 34.1 Å². The van der Waals surface area contributed by atoms with Crippen LogP contribution < -0.4 is 5.84 Å². The molecule has 0 aromatic heterocycles. The molecule has 1 heterocycles. The Bertz CT molecular complexity index is 237. The van der Waals surface area contributed by atoms with E-state index in [-0.39, 0.29) is 0 Å². The summed E-state index contributed by atoms with van der Waals surface area (Å²) in [5.41, 5.74) is -0.500. The highest BCUT2D eigenvalue weighted by Gasteiger charge is 2.28. The fraction of sp³-hybridized carbons (Fsp3) is 0.900. The molecule has 0 aromatic carbocycles. The number of hydrogen-bond acceptors (Lipinski definition) is 4. The summed E-state index contributed by atoms with van der Waals surface area (Å²) in [5.74, 6) is 6.26. The second-order valence-corrected chi connectivity index (χ2v) is 5.13. The van der Waals surface area contributed by atoms with Crippen LogP contribution in [-0.2, 0) is 4.74 Å². The van der Waals surface area contributed by atoms with Gasteiger partial charge in [-0.2, -0.15) is 5.12 Å². The Hall–Kier alpha value is -0.810. The van der Waals surface area contributed by atoms with Gasteiger partial charge in [0, 0.05) is 13.1 Å². The van der Waals surface area contributed by atoms with Crippen molar-refractivity contribution in [3.63, 3.8) is 0 Å². The predicted molar refractivity (Wildman–Crippen MR) is 57.6 cm³/mol. The summed E-state index contributed by atoms with van der Waals surface area (Å²) >= 11 is 0. The van der Waals surface area contributed by atoms with Crippen LogP contribution in [0.4, 0.5) is 4.79 Å². The van der Waals surface area contributed by atoms with Gasteiger partial charge in [-0.1, -0.05) is 6.92 Å². The molecular weight excluding hydrogens is 194 g/mol. The first-order valence-electron chi connectivity index (χ1n) is 5.32. The Balaban J connectivity index is 2.46. The van der Waals surface area contributed by atoms with E-state index < -0.39 is 11.7 Å². The molecule has 1 atom stereocenters. The lowest BCUT2D eigenvalue weighted by Crippen LogP contribution is -2.51. The van der Waals surface area contributed by atoms with Crippen molar-refractivity contribution in [2.75, 3.05) is 13.1 Å². The number of nitrogens with zero attached hydrogens (tertiary/aromatic N) is 2. The third kappa shape index (κ3) is 3.68. The normalized spacial score (nSPS) is 22.9. The van der Waals surface area contributed by atoms with Crippen molar-refractivity contribution in [1.82, 2.24) is 10.1 Å². The second kappa shape index (κ2) is 4.37. The molecule has 1 rings (SSSR count).